The van der Waals surface area contributed by atoms with E-state index in [0.29, 0.717) is 29.5 Å². The van der Waals surface area contributed by atoms with E-state index in [1.165, 1.54) is 37.7 Å². The van der Waals surface area contributed by atoms with Gasteiger partial charge in [0, 0.05) is 6.42 Å². The lowest BCUT2D eigenvalue weighted by Crippen LogP contribution is -2.55. The molecule has 170 valence electrons. The summed E-state index contributed by atoms with van der Waals surface area (Å²) in [5.41, 5.74) is 1.63. The maximum Gasteiger partial charge on any atom is 0.143 e. The Morgan fingerprint density at radius 3 is 2.53 bits per heavy atom. The Morgan fingerprint density at radius 1 is 1.10 bits per heavy atom. The molecule has 4 aliphatic rings. The number of fused-ring (bicyclic) bond motifs is 5. The van der Waals surface area contributed by atoms with Crippen LogP contribution in [0.3, 0.4) is 0 Å². The van der Waals surface area contributed by atoms with Gasteiger partial charge in [0.05, 0.1) is 11.5 Å². The van der Waals surface area contributed by atoms with Crippen molar-refractivity contribution in [3.63, 3.8) is 0 Å². The zero-order valence-electron chi connectivity index (χ0n) is 20.5. The van der Waals surface area contributed by atoms with E-state index in [4.69, 9.17) is 0 Å². The quantitative estimate of drug-likeness (QED) is 0.494. The third-order valence-electron chi connectivity index (χ3n) is 10.9. The maximum absolute atomic E-state index is 13.7. The number of allylic oxidation sites excluding steroid dienone is 2. The zero-order chi connectivity index (χ0) is 21.9. The van der Waals surface area contributed by atoms with Crippen molar-refractivity contribution in [2.75, 3.05) is 0 Å². The summed E-state index contributed by atoms with van der Waals surface area (Å²) < 4.78 is 0. The average Bonchev–Trinajstić information content (AvgIpc) is 2.89. The highest BCUT2D eigenvalue weighted by Crippen LogP contribution is 2.71. The van der Waals surface area contributed by atoms with Crippen molar-refractivity contribution in [1.82, 2.24) is 0 Å². The molecule has 30 heavy (non-hydrogen) atoms. The molecule has 0 aromatic rings. The number of aliphatic hydroxyl groups is 1. The molecule has 0 aliphatic heterocycles. The highest BCUT2D eigenvalue weighted by atomic mass is 16.3. The topological polar surface area (TPSA) is 37.3 Å². The van der Waals surface area contributed by atoms with Crippen molar-refractivity contribution in [3.8, 4) is 0 Å². The number of rotatable bonds is 5. The second-order valence-electron chi connectivity index (χ2n) is 12.7. The smallest absolute Gasteiger partial charge is 0.143 e. The summed E-state index contributed by atoms with van der Waals surface area (Å²) in [7, 11) is 0. The van der Waals surface area contributed by atoms with E-state index < -0.39 is 0 Å². The van der Waals surface area contributed by atoms with Crippen molar-refractivity contribution >= 4 is 5.78 Å². The summed E-state index contributed by atoms with van der Waals surface area (Å²) in [5.74, 6) is 3.59. The predicted molar refractivity (Wildman–Crippen MR) is 124 cm³/mol. The van der Waals surface area contributed by atoms with Crippen molar-refractivity contribution in [3.05, 3.63) is 11.6 Å². The predicted octanol–water partition coefficient (Wildman–Crippen LogP) is 6.96. The van der Waals surface area contributed by atoms with E-state index in [-0.39, 0.29) is 22.3 Å². The summed E-state index contributed by atoms with van der Waals surface area (Å²) in [6, 6.07) is 0. The van der Waals surface area contributed by atoms with Gasteiger partial charge < -0.3 is 5.11 Å². The van der Waals surface area contributed by atoms with Gasteiger partial charge >= 0.3 is 0 Å². The largest absolute Gasteiger partial charge is 0.393 e. The second kappa shape index (κ2) is 7.75. The summed E-state index contributed by atoms with van der Waals surface area (Å²) >= 11 is 0. The Labute approximate surface area is 185 Å². The molecule has 4 rings (SSSR count). The Kier molecular flexibility index (Phi) is 5.83. The van der Waals surface area contributed by atoms with Gasteiger partial charge in [0.15, 0.2) is 0 Å². The lowest BCUT2D eigenvalue weighted by atomic mass is 9.43. The van der Waals surface area contributed by atoms with Crippen LogP contribution in [0, 0.1) is 45.8 Å². The molecule has 8 atom stereocenters. The first kappa shape index (κ1) is 22.6. The first-order valence-electron chi connectivity index (χ1n) is 13.0. The second-order valence-corrected chi connectivity index (χ2v) is 12.7. The molecule has 1 N–H and O–H groups in total. The molecular formula is C28H46O2. The molecule has 0 unspecified atom stereocenters. The molecule has 4 aliphatic carbocycles. The van der Waals surface area contributed by atoms with Crippen LogP contribution in [0.2, 0.25) is 0 Å². The van der Waals surface area contributed by atoms with Crippen molar-refractivity contribution in [2.24, 2.45) is 45.8 Å². The molecule has 0 bridgehead atoms. The summed E-state index contributed by atoms with van der Waals surface area (Å²) in [6.07, 6.45) is 13.5. The van der Waals surface area contributed by atoms with Gasteiger partial charge in [-0.1, -0.05) is 65.5 Å². The molecule has 0 spiro atoms. The van der Waals surface area contributed by atoms with Crippen LogP contribution in [-0.4, -0.2) is 17.0 Å². The Balaban J connectivity index is 1.62. The first-order chi connectivity index (χ1) is 14.0. The summed E-state index contributed by atoms with van der Waals surface area (Å²) in [5, 5.41) is 10.3. The Hall–Kier alpha value is -0.630. The molecule has 0 aromatic carbocycles. The first-order valence-corrected chi connectivity index (χ1v) is 13.0. The molecule has 2 nitrogen and oxygen atoms in total. The van der Waals surface area contributed by atoms with Gasteiger partial charge in [0.25, 0.3) is 0 Å². The Bertz CT molecular complexity index is 707. The number of carbonyl (C=O) groups excluding carboxylic acids is 1. The minimum atomic E-state index is -0.267. The zero-order valence-corrected chi connectivity index (χ0v) is 20.5. The van der Waals surface area contributed by atoms with Gasteiger partial charge in [-0.3, -0.25) is 4.79 Å². The molecule has 0 aromatic heterocycles. The number of ketones is 1. The molecule has 0 saturated heterocycles. The van der Waals surface area contributed by atoms with Crippen molar-refractivity contribution in [1.29, 1.82) is 0 Å². The van der Waals surface area contributed by atoms with E-state index in [2.05, 4.69) is 47.6 Å². The standard InChI is InChI=1S/C28H46O2/c1-18(2)8-7-9-19(3)24-17-25(30)28(6)23-11-10-20-16-21(29)12-14-26(20,4)22(23)13-15-27(24,28)5/h11,18-22,24,29H,7-10,12-17H2,1-6H3/t19-,20+,21+,22+,24-,26+,27-,28-/m1/s1. The maximum atomic E-state index is 13.7. The van der Waals surface area contributed by atoms with E-state index in [0.717, 1.165) is 38.0 Å². The fourth-order valence-corrected chi connectivity index (χ4v) is 8.59. The number of hydrogen-bond donors (Lipinski definition) is 1. The average molecular weight is 415 g/mol. The van der Waals surface area contributed by atoms with Gasteiger partial charge in [-0.2, -0.15) is 0 Å². The number of hydrogen-bond acceptors (Lipinski definition) is 2. The highest BCUT2D eigenvalue weighted by molar-refractivity contribution is 5.92. The van der Waals surface area contributed by atoms with Crippen LogP contribution in [0.5, 0.6) is 0 Å². The molecule has 3 fully saturated rings. The highest BCUT2D eigenvalue weighted by Gasteiger charge is 2.67. The third kappa shape index (κ3) is 3.18. The van der Waals surface area contributed by atoms with Crippen LogP contribution >= 0.6 is 0 Å². The van der Waals surface area contributed by atoms with Crippen molar-refractivity contribution < 1.29 is 9.90 Å². The third-order valence-corrected chi connectivity index (χ3v) is 10.9. The van der Waals surface area contributed by atoms with E-state index in [1.807, 2.05) is 0 Å². The minimum Gasteiger partial charge on any atom is -0.393 e. The van der Waals surface area contributed by atoms with E-state index >= 15 is 0 Å². The fourth-order valence-electron chi connectivity index (χ4n) is 8.59. The van der Waals surface area contributed by atoms with Crippen LogP contribution in [0.4, 0.5) is 0 Å². The van der Waals surface area contributed by atoms with Gasteiger partial charge in [-0.05, 0) is 85.9 Å². The van der Waals surface area contributed by atoms with Gasteiger partial charge in [-0.25, -0.2) is 0 Å². The molecule has 2 heteroatoms. The van der Waals surface area contributed by atoms with Gasteiger partial charge in [0.1, 0.15) is 5.78 Å². The molecule has 0 radical (unpaired) electrons. The molecule has 0 amide bonds. The van der Waals surface area contributed by atoms with Crippen LogP contribution in [0.25, 0.3) is 0 Å². The van der Waals surface area contributed by atoms with Crippen LogP contribution < -0.4 is 0 Å². The molecule has 3 saturated carbocycles. The lowest BCUT2D eigenvalue weighted by Gasteiger charge is -2.60. The van der Waals surface area contributed by atoms with Crippen LogP contribution in [-0.2, 0) is 4.79 Å². The van der Waals surface area contributed by atoms with E-state index in [9.17, 15) is 9.90 Å². The van der Waals surface area contributed by atoms with Gasteiger partial charge in [-0.15, -0.1) is 0 Å². The Morgan fingerprint density at radius 2 is 1.83 bits per heavy atom. The van der Waals surface area contributed by atoms with Gasteiger partial charge in [0.2, 0.25) is 0 Å². The summed E-state index contributed by atoms with van der Waals surface area (Å²) in [4.78, 5) is 13.7. The number of aliphatic hydroxyl groups excluding tert-OH is 1. The normalized spacial score (nSPS) is 46.8. The molecule has 0 heterocycles. The van der Waals surface area contributed by atoms with Crippen LogP contribution in [0.15, 0.2) is 11.6 Å². The SMILES string of the molecule is CC(C)CCC[C@@H](C)[C@H]1CC(=O)[C@@]2(C)C3=CC[C@H]4C[C@@H](O)CC[C@]4(C)[C@H]3CC[C@]12C. The van der Waals surface area contributed by atoms with Crippen molar-refractivity contribution in [2.45, 2.75) is 112 Å². The number of Topliss-reactive ketones (excluding diaryl/α,β-unsaturated/α-hetero) is 1. The minimum absolute atomic E-state index is 0.112. The monoisotopic (exact) mass is 414 g/mol. The van der Waals surface area contributed by atoms with Crippen LogP contribution in [0.1, 0.15) is 106 Å². The number of carbonyl (C=O) groups is 1. The fraction of sp³-hybridized carbons (Fsp3) is 0.893. The molecular weight excluding hydrogens is 368 g/mol. The van der Waals surface area contributed by atoms with E-state index in [1.54, 1.807) is 0 Å². The lowest BCUT2D eigenvalue weighted by molar-refractivity contribution is -0.130. The summed E-state index contributed by atoms with van der Waals surface area (Å²) in [6.45, 7) is 14.3.